The Morgan fingerprint density at radius 2 is 2.24 bits per heavy atom. The summed E-state index contributed by atoms with van der Waals surface area (Å²) in [5.74, 6) is 0.421. The number of nitrogens with two attached hydrogens (primary N) is 1. The van der Waals surface area contributed by atoms with Gasteiger partial charge in [-0.1, -0.05) is 0 Å². The average molecular weight is 343 g/mol. The van der Waals surface area contributed by atoms with Crippen molar-refractivity contribution in [2.24, 2.45) is 0 Å². The molecule has 3 unspecified atom stereocenters. The summed E-state index contributed by atoms with van der Waals surface area (Å²) >= 11 is 0. The van der Waals surface area contributed by atoms with E-state index in [-0.39, 0.29) is 12.3 Å². The van der Waals surface area contributed by atoms with Crippen LogP contribution in [0.1, 0.15) is 38.3 Å². The molecule has 25 heavy (non-hydrogen) atoms. The summed E-state index contributed by atoms with van der Waals surface area (Å²) in [6, 6.07) is 0. The second-order valence-corrected chi connectivity index (χ2v) is 7.67. The Bertz CT molecular complexity index is 769. The summed E-state index contributed by atoms with van der Waals surface area (Å²) in [4.78, 5) is 15.3. The van der Waals surface area contributed by atoms with Crippen LogP contribution in [0, 0.1) is 0 Å². The molecule has 8 heteroatoms. The van der Waals surface area contributed by atoms with Gasteiger partial charge in [0.15, 0.2) is 11.5 Å². The maximum absolute atomic E-state index is 6.33. The monoisotopic (exact) mass is 343 g/mol. The van der Waals surface area contributed by atoms with Gasteiger partial charge in [-0.3, -0.25) is 9.47 Å². The first kappa shape index (κ1) is 15.5. The average Bonchev–Trinajstić information content (AvgIpc) is 3.37. The molecular formula is C17H25N7O. The lowest BCUT2D eigenvalue weighted by atomic mass is 9.97. The quantitative estimate of drug-likeness (QED) is 0.855. The maximum Gasteiger partial charge on any atom is 0.167 e. The normalized spacial score (nSPS) is 33.1. The summed E-state index contributed by atoms with van der Waals surface area (Å²) in [6.07, 6.45) is 9.49. The second-order valence-electron chi connectivity index (χ2n) is 7.67. The van der Waals surface area contributed by atoms with Crippen molar-refractivity contribution in [2.75, 3.05) is 31.9 Å². The molecule has 5 rings (SSSR count). The van der Waals surface area contributed by atoms with Crippen LogP contribution in [0.5, 0.6) is 0 Å². The van der Waals surface area contributed by atoms with Crippen molar-refractivity contribution in [1.29, 1.82) is 0 Å². The van der Waals surface area contributed by atoms with Gasteiger partial charge in [-0.15, -0.1) is 0 Å². The molecule has 0 bridgehead atoms. The number of aromatic nitrogens is 4. The third-order valence-electron chi connectivity index (χ3n) is 6.01. The summed E-state index contributed by atoms with van der Waals surface area (Å²) in [7, 11) is 0. The number of imidazole rings is 1. The van der Waals surface area contributed by atoms with Gasteiger partial charge in [-0.25, -0.2) is 15.0 Å². The van der Waals surface area contributed by atoms with E-state index >= 15 is 0 Å². The summed E-state index contributed by atoms with van der Waals surface area (Å²) < 4.78 is 8.32. The predicted molar refractivity (Wildman–Crippen MR) is 93.9 cm³/mol. The van der Waals surface area contributed by atoms with Gasteiger partial charge in [0.1, 0.15) is 18.1 Å². The van der Waals surface area contributed by atoms with Crippen LogP contribution in [0.4, 0.5) is 5.82 Å². The zero-order valence-electron chi connectivity index (χ0n) is 14.4. The predicted octanol–water partition coefficient (Wildman–Crippen LogP) is 0.914. The SMILES string of the molecule is Nc1ncnc2c1ncn2C1CCC(CN2CCC3(CCCN3)C2)O1. The fourth-order valence-corrected chi connectivity index (χ4v) is 4.73. The van der Waals surface area contributed by atoms with E-state index in [2.05, 4.69) is 25.2 Å². The molecule has 3 atom stereocenters. The molecule has 3 aliphatic heterocycles. The van der Waals surface area contributed by atoms with Crippen LogP contribution in [0.2, 0.25) is 0 Å². The number of likely N-dealkylation sites (tertiary alicyclic amines) is 1. The zero-order valence-corrected chi connectivity index (χ0v) is 14.4. The van der Waals surface area contributed by atoms with Crippen LogP contribution >= 0.6 is 0 Å². The first-order valence-corrected chi connectivity index (χ1v) is 9.28. The van der Waals surface area contributed by atoms with Crippen molar-refractivity contribution < 1.29 is 4.74 Å². The van der Waals surface area contributed by atoms with E-state index in [0.717, 1.165) is 31.6 Å². The van der Waals surface area contributed by atoms with Crippen LogP contribution in [0.25, 0.3) is 11.2 Å². The molecule has 134 valence electrons. The second kappa shape index (κ2) is 5.89. The number of fused-ring (bicyclic) bond motifs is 1. The molecule has 0 saturated carbocycles. The molecule has 1 spiro atoms. The lowest BCUT2D eigenvalue weighted by Crippen LogP contribution is -2.43. The Kier molecular flexibility index (Phi) is 3.65. The highest BCUT2D eigenvalue weighted by atomic mass is 16.5. The fourth-order valence-electron chi connectivity index (χ4n) is 4.73. The molecule has 0 radical (unpaired) electrons. The lowest BCUT2D eigenvalue weighted by molar-refractivity contribution is -0.00942. The van der Waals surface area contributed by atoms with E-state index in [1.54, 1.807) is 6.33 Å². The van der Waals surface area contributed by atoms with Gasteiger partial charge in [0.05, 0.1) is 12.4 Å². The Morgan fingerprint density at radius 1 is 1.28 bits per heavy atom. The van der Waals surface area contributed by atoms with Crippen molar-refractivity contribution in [1.82, 2.24) is 29.7 Å². The zero-order chi connectivity index (χ0) is 16.9. The van der Waals surface area contributed by atoms with Crippen molar-refractivity contribution in [3.63, 3.8) is 0 Å². The molecule has 3 aliphatic rings. The highest BCUT2D eigenvalue weighted by Crippen LogP contribution is 2.34. The van der Waals surface area contributed by atoms with Crippen LogP contribution < -0.4 is 11.1 Å². The summed E-state index contributed by atoms with van der Waals surface area (Å²) in [5, 5.41) is 3.72. The number of nitrogens with zero attached hydrogens (tertiary/aromatic N) is 5. The van der Waals surface area contributed by atoms with Crippen LogP contribution in [-0.4, -0.2) is 62.2 Å². The molecule has 2 aromatic heterocycles. The van der Waals surface area contributed by atoms with Crippen molar-refractivity contribution >= 4 is 17.0 Å². The third kappa shape index (κ3) is 2.68. The lowest BCUT2D eigenvalue weighted by Gasteiger charge is -2.26. The Hall–Kier alpha value is -1.77. The van der Waals surface area contributed by atoms with Gasteiger partial charge in [-0.05, 0) is 38.6 Å². The van der Waals surface area contributed by atoms with Gasteiger partial charge in [0.2, 0.25) is 0 Å². The van der Waals surface area contributed by atoms with Gasteiger partial charge in [0.25, 0.3) is 0 Å². The first-order chi connectivity index (χ1) is 12.2. The standard InChI is InChI=1S/C17H25N7O/c18-15-14-16(20-10-19-15)24(11-21-14)13-3-2-12(25-13)8-23-7-5-17(9-23)4-1-6-22-17/h10-13,22H,1-9H2,(H2,18,19,20). The van der Waals surface area contributed by atoms with Gasteiger partial charge >= 0.3 is 0 Å². The maximum atomic E-state index is 6.33. The van der Waals surface area contributed by atoms with E-state index < -0.39 is 0 Å². The molecule has 0 aliphatic carbocycles. The van der Waals surface area contributed by atoms with E-state index in [4.69, 9.17) is 10.5 Å². The van der Waals surface area contributed by atoms with Crippen LogP contribution in [-0.2, 0) is 4.74 Å². The minimum Gasteiger partial charge on any atom is -0.382 e. The topological polar surface area (TPSA) is 94.1 Å². The molecule has 8 nitrogen and oxygen atoms in total. The number of rotatable bonds is 3. The molecule has 3 saturated heterocycles. The molecule has 3 fully saturated rings. The number of hydrogen-bond donors (Lipinski definition) is 2. The minimum absolute atomic E-state index is 0.00883. The largest absolute Gasteiger partial charge is 0.382 e. The molecule has 0 amide bonds. The fraction of sp³-hybridized carbons (Fsp3) is 0.706. The number of hydrogen-bond acceptors (Lipinski definition) is 7. The van der Waals surface area contributed by atoms with Crippen molar-refractivity contribution in [2.45, 2.75) is 50.0 Å². The van der Waals surface area contributed by atoms with E-state index in [1.165, 1.54) is 38.7 Å². The Labute approximate surface area is 146 Å². The molecule has 5 heterocycles. The van der Waals surface area contributed by atoms with Gasteiger partial charge in [-0.2, -0.15) is 0 Å². The smallest absolute Gasteiger partial charge is 0.167 e. The number of ether oxygens (including phenoxy) is 1. The number of anilines is 1. The van der Waals surface area contributed by atoms with Gasteiger partial charge in [0, 0.05) is 25.2 Å². The molecule has 2 aromatic rings. The minimum atomic E-state index is -0.00883. The Morgan fingerprint density at radius 3 is 3.12 bits per heavy atom. The first-order valence-electron chi connectivity index (χ1n) is 9.28. The Balaban J connectivity index is 1.25. The van der Waals surface area contributed by atoms with Crippen LogP contribution in [0.3, 0.4) is 0 Å². The van der Waals surface area contributed by atoms with Gasteiger partial charge < -0.3 is 15.8 Å². The number of nitrogens with one attached hydrogen (secondary N) is 1. The van der Waals surface area contributed by atoms with E-state index in [9.17, 15) is 0 Å². The highest BCUT2D eigenvalue weighted by molar-refractivity contribution is 5.81. The summed E-state index contributed by atoms with van der Waals surface area (Å²) in [5.41, 5.74) is 7.68. The summed E-state index contributed by atoms with van der Waals surface area (Å²) in [6.45, 7) is 4.53. The van der Waals surface area contributed by atoms with Crippen LogP contribution in [0.15, 0.2) is 12.7 Å². The highest BCUT2D eigenvalue weighted by Gasteiger charge is 2.41. The number of nitrogen functional groups attached to an aromatic ring is 1. The molecule has 0 aromatic carbocycles. The van der Waals surface area contributed by atoms with E-state index in [1.807, 2.05) is 4.57 Å². The van der Waals surface area contributed by atoms with E-state index in [0.29, 0.717) is 16.9 Å². The third-order valence-corrected chi connectivity index (χ3v) is 6.01. The molecule has 3 N–H and O–H groups in total. The van der Waals surface area contributed by atoms with Crippen molar-refractivity contribution in [3.05, 3.63) is 12.7 Å². The molecular weight excluding hydrogens is 318 g/mol. The van der Waals surface area contributed by atoms with Crippen molar-refractivity contribution in [3.8, 4) is 0 Å².